The van der Waals surface area contributed by atoms with Crippen molar-refractivity contribution in [1.82, 2.24) is 0 Å². The number of methoxy groups -OCH3 is 2. The number of ketones is 1. The zero-order valence-corrected chi connectivity index (χ0v) is 13.8. The molecule has 1 aliphatic carbocycles. The summed E-state index contributed by atoms with van der Waals surface area (Å²) in [6.07, 6.45) is 0.486. The molecule has 0 spiro atoms. The molecular weight excluding hydrogens is 308 g/mol. The van der Waals surface area contributed by atoms with E-state index in [2.05, 4.69) is 17.5 Å². The summed E-state index contributed by atoms with van der Waals surface area (Å²) in [4.78, 5) is 12.5. The summed E-state index contributed by atoms with van der Waals surface area (Å²) < 4.78 is 12.1. The number of benzene rings is 2. The Morgan fingerprint density at radius 3 is 2.74 bits per heavy atom. The highest BCUT2D eigenvalue weighted by Crippen LogP contribution is 2.47. The topological polar surface area (TPSA) is 35.5 Å². The number of hydrogen-bond acceptors (Lipinski definition) is 4. The van der Waals surface area contributed by atoms with Crippen molar-refractivity contribution in [3.63, 3.8) is 0 Å². The maximum atomic E-state index is 12.5. The van der Waals surface area contributed by atoms with E-state index in [0.717, 1.165) is 16.9 Å². The van der Waals surface area contributed by atoms with Crippen molar-refractivity contribution in [2.45, 2.75) is 12.3 Å². The number of carbonyl (C=O) groups excluding carboxylic acids is 1. The van der Waals surface area contributed by atoms with Gasteiger partial charge in [-0.05, 0) is 28.5 Å². The van der Waals surface area contributed by atoms with Gasteiger partial charge in [-0.3, -0.25) is 4.79 Å². The highest BCUT2D eigenvalue weighted by molar-refractivity contribution is 7.17. The van der Waals surface area contributed by atoms with Crippen LogP contribution in [0.1, 0.15) is 33.8 Å². The number of fused-ring (bicyclic) bond motifs is 2. The van der Waals surface area contributed by atoms with Crippen LogP contribution in [0.5, 0.6) is 11.5 Å². The van der Waals surface area contributed by atoms with Crippen LogP contribution in [0.15, 0.2) is 41.8 Å². The second-order valence-electron chi connectivity index (χ2n) is 5.66. The van der Waals surface area contributed by atoms with E-state index >= 15 is 0 Å². The molecule has 3 nitrogen and oxygen atoms in total. The Hall–Kier alpha value is -2.33. The van der Waals surface area contributed by atoms with Crippen molar-refractivity contribution in [3.8, 4) is 11.5 Å². The van der Waals surface area contributed by atoms with Gasteiger partial charge in [0, 0.05) is 34.2 Å². The van der Waals surface area contributed by atoms with Crippen LogP contribution in [-0.2, 0) is 0 Å². The molecule has 1 aromatic heterocycles. The van der Waals surface area contributed by atoms with Gasteiger partial charge < -0.3 is 9.47 Å². The standard InChI is InChI=1S/C19H16O3S/c1-21-11-7-14-16(20)9-13(19(14)17(8-11)22-2)15-10-23-18-6-4-3-5-12(15)18/h3-8,10,13H,9H2,1-2H3/t13-/m0/s1. The minimum Gasteiger partial charge on any atom is -0.497 e. The maximum absolute atomic E-state index is 12.5. The van der Waals surface area contributed by atoms with Crippen LogP contribution < -0.4 is 9.47 Å². The van der Waals surface area contributed by atoms with Crippen molar-refractivity contribution in [3.05, 3.63) is 58.5 Å². The molecule has 0 saturated carbocycles. The Morgan fingerprint density at radius 1 is 1.13 bits per heavy atom. The minimum absolute atomic E-state index is 0.0505. The number of thiophene rings is 1. The molecule has 2 aromatic carbocycles. The first kappa shape index (κ1) is 14.3. The van der Waals surface area contributed by atoms with E-state index < -0.39 is 0 Å². The van der Waals surface area contributed by atoms with E-state index in [9.17, 15) is 4.79 Å². The van der Waals surface area contributed by atoms with Gasteiger partial charge in [-0.15, -0.1) is 11.3 Å². The van der Waals surface area contributed by atoms with Crippen molar-refractivity contribution in [1.29, 1.82) is 0 Å². The number of rotatable bonds is 3. The molecule has 0 fully saturated rings. The first-order valence-electron chi connectivity index (χ1n) is 7.48. The van der Waals surface area contributed by atoms with Gasteiger partial charge in [0.1, 0.15) is 11.5 Å². The van der Waals surface area contributed by atoms with Crippen LogP contribution in [0.25, 0.3) is 10.1 Å². The van der Waals surface area contributed by atoms with Gasteiger partial charge >= 0.3 is 0 Å². The summed E-state index contributed by atoms with van der Waals surface area (Å²) in [5, 5.41) is 3.39. The lowest BCUT2D eigenvalue weighted by molar-refractivity contribution is 0.0991. The summed E-state index contributed by atoms with van der Waals surface area (Å²) in [6.45, 7) is 0. The molecule has 23 heavy (non-hydrogen) atoms. The average Bonchev–Trinajstić information content (AvgIpc) is 3.15. The molecule has 0 aliphatic heterocycles. The normalized spacial score (nSPS) is 16.6. The Bertz CT molecular complexity index is 910. The summed E-state index contributed by atoms with van der Waals surface area (Å²) >= 11 is 1.72. The van der Waals surface area contributed by atoms with E-state index in [1.54, 1.807) is 25.6 Å². The van der Waals surface area contributed by atoms with Gasteiger partial charge in [-0.25, -0.2) is 0 Å². The fraction of sp³-hybridized carbons (Fsp3) is 0.211. The Labute approximate surface area is 138 Å². The third-order valence-corrected chi connectivity index (χ3v) is 5.48. The number of carbonyl (C=O) groups is 1. The monoisotopic (exact) mass is 324 g/mol. The van der Waals surface area contributed by atoms with Crippen LogP contribution in [0.2, 0.25) is 0 Å². The molecule has 1 atom stereocenters. The predicted octanol–water partition coefficient (Wildman–Crippen LogP) is 4.64. The van der Waals surface area contributed by atoms with Crippen LogP contribution >= 0.6 is 11.3 Å². The largest absolute Gasteiger partial charge is 0.497 e. The zero-order valence-electron chi connectivity index (χ0n) is 13.0. The number of Topliss-reactive ketones (excluding diaryl/α,β-unsaturated/α-hetero) is 1. The van der Waals surface area contributed by atoms with E-state index in [0.29, 0.717) is 12.2 Å². The van der Waals surface area contributed by atoms with Crippen molar-refractivity contribution < 1.29 is 14.3 Å². The van der Waals surface area contributed by atoms with Gasteiger partial charge in [0.2, 0.25) is 0 Å². The molecule has 0 bridgehead atoms. The van der Waals surface area contributed by atoms with E-state index in [-0.39, 0.29) is 11.7 Å². The first-order chi connectivity index (χ1) is 11.2. The SMILES string of the molecule is COc1cc(OC)c2c(c1)C(=O)C[C@H]2c1csc2ccccc12. The average molecular weight is 324 g/mol. The maximum Gasteiger partial charge on any atom is 0.164 e. The molecule has 4 heteroatoms. The Morgan fingerprint density at radius 2 is 1.96 bits per heavy atom. The summed E-state index contributed by atoms with van der Waals surface area (Å²) in [7, 11) is 3.24. The first-order valence-corrected chi connectivity index (χ1v) is 8.36. The number of hydrogen-bond donors (Lipinski definition) is 0. The van der Waals surface area contributed by atoms with Crippen molar-refractivity contribution in [2.24, 2.45) is 0 Å². The molecule has 1 heterocycles. The van der Waals surface area contributed by atoms with Gasteiger partial charge in [-0.2, -0.15) is 0 Å². The molecule has 0 N–H and O–H groups in total. The molecular formula is C19H16O3S. The van der Waals surface area contributed by atoms with E-state index in [1.165, 1.54) is 15.6 Å². The van der Waals surface area contributed by atoms with Crippen molar-refractivity contribution >= 4 is 27.2 Å². The molecule has 0 radical (unpaired) electrons. The highest BCUT2D eigenvalue weighted by atomic mass is 32.1. The Kier molecular flexibility index (Phi) is 3.34. The zero-order chi connectivity index (χ0) is 16.0. The molecule has 116 valence electrons. The predicted molar refractivity (Wildman–Crippen MR) is 92.2 cm³/mol. The third-order valence-electron chi connectivity index (χ3n) is 4.50. The van der Waals surface area contributed by atoms with Gasteiger partial charge in [-0.1, -0.05) is 18.2 Å². The molecule has 4 rings (SSSR count). The fourth-order valence-corrected chi connectivity index (χ4v) is 4.42. The van der Waals surface area contributed by atoms with Crippen molar-refractivity contribution in [2.75, 3.05) is 14.2 Å². The summed E-state index contributed by atoms with van der Waals surface area (Å²) in [5.41, 5.74) is 2.92. The molecule has 0 amide bonds. The van der Waals surface area contributed by atoms with Gasteiger partial charge in [0.15, 0.2) is 5.78 Å². The highest BCUT2D eigenvalue weighted by Gasteiger charge is 2.35. The lowest BCUT2D eigenvalue weighted by Gasteiger charge is -2.15. The summed E-state index contributed by atoms with van der Waals surface area (Å²) in [5.74, 6) is 1.59. The molecule has 0 saturated heterocycles. The van der Waals surface area contributed by atoms with Crippen LogP contribution in [0.4, 0.5) is 0 Å². The fourth-order valence-electron chi connectivity index (χ4n) is 3.41. The minimum atomic E-state index is 0.0505. The lowest BCUT2D eigenvalue weighted by Crippen LogP contribution is -1.99. The molecule has 3 aromatic rings. The quantitative estimate of drug-likeness (QED) is 0.704. The smallest absolute Gasteiger partial charge is 0.164 e. The number of ether oxygens (including phenoxy) is 2. The second kappa shape index (κ2) is 5.39. The summed E-state index contributed by atoms with van der Waals surface area (Å²) in [6, 6.07) is 12.0. The van der Waals surface area contributed by atoms with Gasteiger partial charge in [0.25, 0.3) is 0 Å². The van der Waals surface area contributed by atoms with Crippen LogP contribution in [0.3, 0.4) is 0 Å². The Balaban J connectivity index is 1.93. The van der Waals surface area contributed by atoms with E-state index in [4.69, 9.17) is 9.47 Å². The van der Waals surface area contributed by atoms with E-state index in [1.807, 2.05) is 24.3 Å². The molecule has 1 aliphatic rings. The van der Waals surface area contributed by atoms with Gasteiger partial charge in [0.05, 0.1) is 14.2 Å². The third kappa shape index (κ3) is 2.13. The second-order valence-corrected chi connectivity index (χ2v) is 6.57. The van der Waals surface area contributed by atoms with Crippen LogP contribution in [0, 0.1) is 0 Å². The lowest BCUT2D eigenvalue weighted by atomic mass is 9.92. The molecule has 0 unspecified atom stereocenters. The van der Waals surface area contributed by atoms with Crippen LogP contribution in [-0.4, -0.2) is 20.0 Å².